The Morgan fingerprint density at radius 3 is 3.05 bits per heavy atom. The first-order chi connectivity index (χ1) is 9.85. The molecule has 0 unspecified atom stereocenters. The molecular formula is C12H18N6OS. The Morgan fingerprint density at radius 1 is 1.40 bits per heavy atom. The minimum Gasteiger partial charge on any atom is -0.332 e. The molecule has 2 N–H and O–H groups in total. The van der Waals surface area contributed by atoms with Gasteiger partial charge in [0.25, 0.3) is 5.89 Å². The van der Waals surface area contributed by atoms with Crippen LogP contribution in [0.25, 0.3) is 11.6 Å². The van der Waals surface area contributed by atoms with Gasteiger partial charge in [0.1, 0.15) is 0 Å². The van der Waals surface area contributed by atoms with Crippen molar-refractivity contribution in [1.29, 1.82) is 0 Å². The lowest BCUT2D eigenvalue weighted by atomic mass is 10.4. The fourth-order valence-electron chi connectivity index (χ4n) is 2.30. The van der Waals surface area contributed by atoms with Crippen molar-refractivity contribution in [3.05, 3.63) is 12.0 Å². The third-order valence-corrected chi connectivity index (χ3v) is 4.70. The Kier molecular flexibility index (Phi) is 4.31. The second-order valence-corrected chi connectivity index (χ2v) is 6.18. The lowest BCUT2D eigenvalue weighted by Gasteiger charge is -2.04. The van der Waals surface area contributed by atoms with Gasteiger partial charge in [-0.2, -0.15) is 16.7 Å². The maximum Gasteiger partial charge on any atom is 0.280 e. The van der Waals surface area contributed by atoms with Crippen LogP contribution in [-0.2, 0) is 12.3 Å². The van der Waals surface area contributed by atoms with E-state index in [1.807, 2.05) is 11.8 Å². The summed E-state index contributed by atoms with van der Waals surface area (Å²) in [6.45, 7) is 1.15. The number of rotatable bonds is 6. The molecule has 20 heavy (non-hydrogen) atoms. The predicted molar refractivity (Wildman–Crippen MR) is 75.9 cm³/mol. The van der Waals surface area contributed by atoms with E-state index >= 15 is 0 Å². The SMILES string of the molecule is NCCn1cc(-c2nc(CSC3CCCC3)no2)nn1. The minimum absolute atomic E-state index is 0.426. The van der Waals surface area contributed by atoms with Crippen LogP contribution < -0.4 is 5.73 Å². The van der Waals surface area contributed by atoms with Gasteiger partial charge in [0.2, 0.25) is 0 Å². The fraction of sp³-hybridized carbons (Fsp3) is 0.667. The first kappa shape index (κ1) is 13.6. The second kappa shape index (κ2) is 6.36. The summed E-state index contributed by atoms with van der Waals surface area (Å²) in [5, 5.41) is 12.7. The van der Waals surface area contributed by atoms with Crippen LogP contribution in [0.5, 0.6) is 0 Å². The molecule has 1 saturated carbocycles. The molecule has 2 heterocycles. The van der Waals surface area contributed by atoms with E-state index in [-0.39, 0.29) is 0 Å². The van der Waals surface area contributed by atoms with E-state index in [4.69, 9.17) is 10.3 Å². The molecule has 0 bridgehead atoms. The Labute approximate surface area is 121 Å². The highest BCUT2D eigenvalue weighted by molar-refractivity contribution is 7.99. The Bertz CT molecular complexity index is 548. The van der Waals surface area contributed by atoms with Crippen molar-refractivity contribution in [2.24, 2.45) is 5.73 Å². The van der Waals surface area contributed by atoms with E-state index in [2.05, 4.69) is 20.5 Å². The minimum atomic E-state index is 0.426. The van der Waals surface area contributed by atoms with Gasteiger partial charge in [-0.3, -0.25) is 4.68 Å². The Balaban J connectivity index is 1.60. The molecule has 0 aliphatic heterocycles. The highest BCUT2D eigenvalue weighted by atomic mass is 32.2. The number of hydrogen-bond donors (Lipinski definition) is 1. The van der Waals surface area contributed by atoms with Gasteiger partial charge in [-0.15, -0.1) is 5.10 Å². The van der Waals surface area contributed by atoms with Crippen LogP contribution >= 0.6 is 11.8 Å². The molecular weight excluding hydrogens is 276 g/mol. The molecule has 7 nitrogen and oxygen atoms in total. The lowest BCUT2D eigenvalue weighted by molar-refractivity contribution is 0.424. The molecule has 0 amide bonds. The number of hydrogen-bond acceptors (Lipinski definition) is 7. The van der Waals surface area contributed by atoms with Crippen LogP contribution in [0, 0.1) is 0 Å². The van der Waals surface area contributed by atoms with Crippen molar-refractivity contribution in [2.75, 3.05) is 6.54 Å². The molecule has 1 fully saturated rings. The number of nitrogens with zero attached hydrogens (tertiary/aromatic N) is 5. The molecule has 8 heteroatoms. The summed E-state index contributed by atoms with van der Waals surface area (Å²) < 4.78 is 6.91. The monoisotopic (exact) mass is 294 g/mol. The molecule has 1 aliphatic rings. The highest BCUT2D eigenvalue weighted by Crippen LogP contribution is 2.31. The van der Waals surface area contributed by atoms with Gasteiger partial charge in [-0.05, 0) is 12.8 Å². The highest BCUT2D eigenvalue weighted by Gasteiger charge is 2.17. The van der Waals surface area contributed by atoms with Crippen LogP contribution in [0.15, 0.2) is 10.7 Å². The molecule has 0 aromatic carbocycles. The number of aromatic nitrogens is 5. The van der Waals surface area contributed by atoms with Gasteiger partial charge in [-0.25, -0.2) is 0 Å². The van der Waals surface area contributed by atoms with Gasteiger partial charge in [0, 0.05) is 11.8 Å². The predicted octanol–water partition coefficient (Wildman–Crippen LogP) is 1.46. The topological polar surface area (TPSA) is 95.7 Å². The summed E-state index contributed by atoms with van der Waals surface area (Å²) >= 11 is 1.92. The van der Waals surface area contributed by atoms with Crippen molar-refractivity contribution >= 4 is 11.8 Å². The van der Waals surface area contributed by atoms with Crippen molar-refractivity contribution < 1.29 is 4.52 Å². The number of thioether (sulfide) groups is 1. The maximum absolute atomic E-state index is 5.47. The quantitative estimate of drug-likeness (QED) is 0.861. The summed E-state index contributed by atoms with van der Waals surface area (Å²) in [6.07, 6.45) is 7.08. The molecule has 1 aliphatic carbocycles. The van der Waals surface area contributed by atoms with Crippen molar-refractivity contribution in [1.82, 2.24) is 25.1 Å². The largest absolute Gasteiger partial charge is 0.332 e. The van der Waals surface area contributed by atoms with Gasteiger partial charge >= 0.3 is 0 Å². The molecule has 2 aromatic heterocycles. The van der Waals surface area contributed by atoms with E-state index in [1.54, 1.807) is 10.9 Å². The zero-order valence-electron chi connectivity index (χ0n) is 11.2. The average Bonchev–Trinajstić information content (AvgIpc) is 3.18. The van der Waals surface area contributed by atoms with E-state index in [0.29, 0.717) is 24.7 Å². The molecule has 0 atom stereocenters. The third-order valence-electron chi connectivity index (χ3n) is 3.33. The Hall–Kier alpha value is -1.41. The summed E-state index contributed by atoms with van der Waals surface area (Å²) in [7, 11) is 0. The maximum atomic E-state index is 5.47. The van der Waals surface area contributed by atoms with Crippen LogP contribution in [0.2, 0.25) is 0 Å². The smallest absolute Gasteiger partial charge is 0.280 e. The van der Waals surface area contributed by atoms with Crippen LogP contribution in [0.4, 0.5) is 0 Å². The zero-order chi connectivity index (χ0) is 13.8. The average molecular weight is 294 g/mol. The van der Waals surface area contributed by atoms with Gasteiger partial charge in [0.15, 0.2) is 11.5 Å². The lowest BCUT2D eigenvalue weighted by Crippen LogP contribution is -2.10. The first-order valence-corrected chi connectivity index (χ1v) is 7.95. The van der Waals surface area contributed by atoms with E-state index in [0.717, 1.165) is 16.8 Å². The van der Waals surface area contributed by atoms with Crippen molar-refractivity contribution in [3.63, 3.8) is 0 Å². The standard InChI is InChI=1S/C12H18N6OS/c13-5-6-18-7-10(15-17-18)12-14-11(16-19-12)8-20-9-3-1-2-4-9/h7,9H,1-6,8,13H2. The third kappa shape index (κ3) is 3.18. The van der Waals surface area contributed by atoms with Crippen molar-refractivity contribution in [2.45, 2.75) is 43.2 Å². The van der Waals surface area contributed by atoms with E-state index < -0.39 is 0 Å². The molecule has 0 saturated heterocycles. The van der Waals surface area contributed by atoms with E-state index in [9.17, 15) is 0 Å². The molecule has 2 aromatic rings. The first-order valence-electron chi connectivity index (χ1n) is 6.90. The van der Waals surface area contributed by atoms with Gasteiger partial charge < -0.3 is 10.3 Å². The van der Waals surface area contributed by atoms with Gasteiger partial charge in [0.05, 0.1) is 18.5 Å². The van der Waals surface area contributed by atoms with E-state index in [1.165, 1.54) is 25.7 Å². The second-order valence-electron chi connectivity index (χ2n) is 4.89. The summed E-state index contributed by atoms with van der Waals surface area (Å²) in [5.74, 6) is 1.95. The van der Waals surface area contributed by atoms with Crippen molar-refractivity contribution in [3.8, 4) is 11.6 Å². The molecule has 3 rings (SSSR count). The molecule has 108 valence electrons. The zero-order valence-corrected chi connectivity index (χ0v) is 12.1. The summed E-state index contributed by atoms with van der Waals surface area (Å²) in [6, 6.07) is 0. The molecule has 0 spiro atoms. The van der Waals surface area contributed by atoms with Gasteiger partial charge in [-0.1, -0.05) is 23.2 Å². The Morgan fingerprint density at radius 2 is 2.25 bits per heavy atom. The fourth-order valence-corrected chi connectivity index (χ4v) is 3.47. The van der Waals surface area contributed by atoms with Crippen LogP contribution in [0.1, 0.15) is 31.5 Å². The summed E-state index contributed by atoms with van der Waals surface area (Å²) in [4.78, 5) is 4.37. The van der Waals surface area contributed by atoms with Crippen LogP contribution in [-0.4, -0.2) is 36.9 Å². The summed E-state index contributed by atoms with van der Waals surface area (Å²) in [5.41, 5.74) is 6.07. The van der Waals surface area contributed by atoms with Crippen LogP contribution in [0.3, 0.4) is 0 Å². The molecule has 0 radical (unpaired) electrons. The number of nitrogens with two attached hydrogens (primary N) is 1. The normalized spacial score (nSPS) is 16.1.